The molecule has 5 heteroatoms. The number of para-hydroxylation sites is 1. The number of fused-ring (bicyclic) bond motifs is 3. The monoisotopic (exact) mass is 342 g/mol. The van der Waals surface area contributed by atoms with Gasteiger partial charge in [-0.2, -0.15) is 5.10 Å². The molecule has 1 unspecified atom stereocenters. The van der Waals surface area contributed by atoms with Gasteiger partial charge in [0.1, 0.15) is 5.75 Å². The summed E-state index contributed by atoms with van der Waals surface area (Å²) in [6.07, 6.45) is 3.98. The number of benzene rings is 2. The largest absolute Gasteiger partial charge is 0.497 e. The van der Waals surface area contributed by atoms with E-state index in [9.17, 15) is 0 Å². The first-order valence-corrected chi connectivity index (χ1v) is 8.57. The Hall–Kier alpha value is -3.47. The standard InChI is InChI=1S/C21H18N4O/c1-26-17-11-9-15(10-12-17)20-19-8-5-13-24(19)21-18(23-20)14-22-25(21)16-6-3-2-4-7-16/h2-14,20,23H,1H3. The van der Waals surface area contributed by atoms with Gasteiger partial charge in [0.05, 0.1) is 36.4 Å². The Morgan fingerprint density at radius 1 is 0.962 bits per heavy atom. The summed E-state index contributed by atoms with van der Waals surface area (Å²) in [7, 11) is 1.68. The Morgan fingerprint density at radius 3 is 2.54 bits per heavy atom. The maximum Gasteiger partial charge on any atom is 0.164 e. The van der Waals surface area contributed by atoms with Crippen molar-refractivity contribution < 1.29 is 4.74 Å². The molecule has 0 saturated carbocycles. The minimum Gasteiger partial charge on any atom is -0.497 e. The number of aromatic nitrogens is 3. The van der Waals surface area contributed by atoms with E-state index >= 15 is 0 Å². The molecule has 2 aromatic carbocycles. The van der Waals surface area contributed by atoms with Gasteiger partial charge in [-0.25, -0.2) is 4.68 Å². The van der Waals surface area contributed by atoms with Gasteiger partial charge in [-0.3, -0.25) is 0 Å². The van der Waals surface area contributed by atoms with Crippen molar-refractivity contribution in [2.45, 2.75) is 6.04 Å². The van der Waals surface area contributed by atoms with E-state index in [0.717, 1.165) is 22.9 Å². The average molecular weight is 342 g/mol. The first-order valence-electron chi connectivity index (χ1n) is 8.57. The first-order chi connectivity index (χ1) is 12.8. The van der Waals surface area contributed by atoms with Crippen molar-refractivity contribution in [1.82, 2.24) is 14.3 Å². The Balaban J connectivity index is 1.61. The molecule has 0 saturated heterocycles. The number of hydrogen-bond acceptors (Lipinski definition) is 3. The summed E-state index contributed by atoms with van der Waals surface area (Å²) in [6.45, 7) is 0. The summed E-state index contributed by atoms with van der Waals surface area (Å²) in [6, 6.07) is 22.7. The molecule has 1 aliphatic rings. The Labute approximate surface area is 151 Å². The summed E-state index contributed by atoms with van der Waals surface area (Å²) in [4.78, 5) is 0. The second-order valence-electron chi connectivity index (χ2n) is 6.28. The highest BCUT2D eigenvalue weighted by Crippen LogP contribution is 2.38. The van der Waals surface area contributed by atoms with E-state index in [-0.39, 0.29) is 6.04 Å². The van der Waals surface area contributed by atoms with Crippen LogP contribution in [0.3, 0.4) is 0 Å². The zero-order valence-corrected chi connectivity index (χ0v) is 14.3. The Morgan fingerprint density at radius 2 is 1.77 bits per heavy atom. The van der Waals surface area contributed by atoms with Crippen LogP contribution < -0.4 is 10.1 Å². The van der Waals surface area contributed by atoms with Crippen LogP contribution in [0.1, 0.15) is 17.3 Å². The molecule has 0 amide bonds. The molecule has 5 nitrogen and oxygen atoms in total. The van der Waals surface area contributed by atoms with Crippen LogP contribution in [-0.2, 0) is 0 Å². The van der Waals surface area contributed by atoms with Crippen molar-refractivity contribution in [1.29, 1.82) is 0 Å². The minimum atomic E-state index is 0.0665. The van der Waals surface area contributed by atoms with Crippen LogP contribution in [0.2, 0.25) is 0 Å². The van der Waals surface area contributed by atoms with E-state index in [1.807, 2.05) is 41.2 Å². The van der Waals surface area contributed by atoms with Crippen LogP contribution in [0.15, 0.2) is 79.1 Å². The second-order valence-corrected chi connectivity index (χ2v) is 6.28. The van der Waals surface area contributed by atoms with Crippen molar-refractivity contribution in [2.24, 2.45) is 0 Å². The third-order valence-electron chi connectivity index (χ3n) is 4.80. The van der Waals surface area contributed by atoms with Gasteiger partial charge in [-0.05, 0) is 42.0 Å². The topological polar surface area (TPSA) is 44.0 Å². The van der Waals surface area contributed by atoms with E-state index in [4.69, 9.17) is 4.74 Å². The highest BCUT2D eigenvalue weighted by atomic mass is 16.5. The molecule has 0 spiro atoms. The lowest BCUT2D eigenvalue weighted by Crippen LogP contribution is -2.23. The lowest BCUT2D eigenvalue weighted by Gasteiger charge is -2.28. The third kappa shape index (κ3) is 2.21. The number of nitrogens with one attached hydrogen (secondary N) is 1. The van der Waals surface area contributed by atoms with Crippen molar-refractivity contribution >= 4 is 5.69 Å². The smallest absolute Gasteiger partial charge is 0.164 e. The van der Waals surface area contributed by atoms with Crippen molar-refractivity contribution in [3.63, 3.8) is 0 Å². The molecule has 0 fully saturated rings. The van der Waals surface area contributed by atoms with E-state index in [1.165, 1.54) is 11.3 Å². The zero-order chi connectivity index (χ0) is 17.5. The van der Waals surface area contributed by atoms with E-state index in [2.05, 4.69) is 57.6 Å². The van der Waals surface area contributed by atoms with Crippen LogP contribution in [0.5, 0.6) is 5.75 Å². The Bertz CT molecular complexity index is 1050. The van der Waals surface area contributed by atoms with Crippen molar-refractivity contribution in [3.8, 4) is 17.3 Å². The highest BCUT2D eigenvalue weighted by Gasteiger charge is 2.28. The molecule has 4 aromatic rings. The van der Waals surface area contributed by atoms with Gasteiger partial charge in [0.15, 0.2) is 5.82 Å². The van der Waals surface area contributed by atoms with Gasteiger partial charge in [0.25, 0.3) is 0 Å². The molecule has 0 bridgehead atoms. The van der Waals surface area contributed by atoms with Crippen molar-refractivity contribution in [2.75, 3.05) is 12.4 Å². The molecule has 0 radical (unpaired) electrons. The quantitative estimate of drug-likeness (QED) is 0.607. The first kappa shape index (κ1) is 14.8. The fourth-order valence-corrected chi connectivity index (χ4v) is 3.54. The summed E-state index contributed by atoms with van der Waals surface area (Å²) in [5.41, 5.74) is 4.42. The summed E-state index contributed by atoms with van der Waals surface area (Å²) in [5.74, 6) is 1.89. The number of methoxy groups -OCH3 is 1. The van der Waals surface area contributed by atoms with E-state index in [0.29, 0.717) is 0 Å². The van der Waals surface area contributed by atoms with E-state index in [1.54, 1.807) is 7.11 Å². The van der Waals surface area contributed by atoms with Crippen LogP contribution in [-0.4, -0.2) is 21.5 Å². The van der Waals surface area contributed by atoms with Gasteiger partial charge in [-0.1, -0.05) is 30.3 Å². The molecule has 1 aliphatic heterocycles. The van der Waals surface area contributed by atoms with Crippen LogP contribution in [0.4, 0.5) is 5.69 Å². The molecular formula is C21H18N4O. The van der Waals surface area contributed by atoms with Gasteiger partial charge < -0.3 is 14.6 Å². The maximum atomic E-state index is 5.28. The van der Waals surface area contributed by atoms with Crippen LogP contribution in [0, 0.1) is 0 Å². The van der Waals surface area contributed by atoms with Gasteiger partial charge in [-0.15, -0.1) is 0 Å². The number of hydrogen-bond donors (Lipinski definition) is 1. The fraction of sp³-hybridized carbons (Fsp3) is 0.0952. The molecule has 1 N–H and O–H groups in total. The Kier molecular flexibility index (Phi) is 3.31. The number of rotatable bonds is 3. The van der Waals surface area contributed by atoms with Gasteiger partial charge >= 0.3 is 0 Å². The number of anilines is 1. The van der Waals surface area contributed by atoms with E-state index < -0.39 is 0 Å². The number of nitrogens with zero attached hydrogens (tertiary/aromatic N) is 3. The fourth-order valence-electron chi connectivity index (χ4n) is 3.54. The maximum absolute atomic E-state index is 5.28. The summed E-state index contributed by atoms with van der Waals surface area (Å²) < 4.78 is 9.46. The van der Waals surface area contributed by atoms with Crippen LogP contribution in [0.25, 0.3) is 11.5 Å². The molecule has 1 atom stereocenters. The third-order valence-corrected chi connectivity index (χ3v) is 4.80. The second kappa shape index (κ2) is 5.81. The molecule has 5 rings (SSSR count). The zero-order valence-electron chi connectivity index (χ0n) is 14.3. The molecule has 26 heavy (non-hydrogen) atoms. The van der Waals surface area contributed by atoms with Gasteiger partial charge in [0.2, 0.25) is 0 Å². The lowest BCUT2D eigenvalue weighted by atomic mass is 10.0. The molecule has 128 valence electrons. The number of ether oxygens (including phenoxy) is 1. The molecule has 3 heterocycles. The van der Waals surface area contributed by atoms with Gasteiger partial charge in [0, 0.05) is 6.20 Å². The molecular weight excluding hydrogens is 324 g/mol. The summed E-state index contributed by atoms with van der Waals surface area (Å²) >= 11 is 0. The summed E-state index contributed by atoms with van der Waals surface area (Å²) in [5, 5.41) is 8.25. The molecule has 0 aliphatic carbocycles. The van der Waals surface area contributed by atoms with Crippen molar-refractivity contribution in [3.05, 3.63) is 90.4 Å². The normalized spacial score (nSPS) is 15.0. The lowest BCUT2D eigenvalue weighted by molar-refractivity contribution is 0.414. The highest BCUT2D eigenvalue weighted by molar-refractivity contribution is 5.65. The van der Waals surface area contributed by atoms with Crippen LogP contribution >= 0.6 is 0 Å². The molecule has 2 aromatic heterocycles. The SMILES string of the molecule is COc1ccc(C2Nc3cnn(-c4ccccc4)c3-n3cccc32)cc1. The predicted molar refractivity (Wildman–Crippen MR) is 101 cm³/mol. The average Bonchev–Trinajstić information content (AvgIpc) is 3.34. The minimum absolute atomic E-state index is 0.0665. The predicted octanol–water partition coefficient (Wildman–Crippen LogP) is 4.19.